The Labute approximate surface area is 106 Å². The van der Waals surface area contributed by atoms with Gasteiger partial charge in [-0.1, -0.05) is 16.8 Å². The van der Waals surface area contributed by atoms with E-state index < -0.39 is 22.6 Å². The second-order valence-corrected chi connectivity index (χ2v) is 3.77. The molecule has 2 rings (SSSR count). The minimum atomic E-state index is -1.09. The molecule has 4 nitrogen and oxygen atoms in total. The van der Waals surface area contributed by atoms with Crippen LogP contribution in [0.3, 0.4) is 0 Å². The Morgan fingerprint density at radius 2 is 2.17 bits per heavy atom. The van der Waals surface area contributed by atoms with E-state index in [0.717, 1.165) is 12.1 Å². The summed E-state index contributed by atoms with van der Waals surface area (Å²) in [6.07, 6.45) is 1.34. The van der Waals surface area contributed by atoms with Gasteiger partial charge in [-0.15, -0.1) is 0 Å². The number of carbonyl (C=O) groups is 1. The van der Waals surface area contributed by atoms with Crippen molar-refractivity contribution >= 4 is 17.5 Å². The third-order valence-electron chi connectivity index (χ3n) is 2.20. The first-order chi connectivity index (χ1) is 8.59. The predicted molar refractivity (Wildman–Crippen MR) is 59.0 cm³/mol. The zero-order chi connectivity index (χ0) is 13.1. The van der Waals surface area contributed by atoms with Crippen molar-refractivity contribution in [1.29, 1.82) is 0 Å². The van der Waals surface area contributed by atoms with Gasteiger partial charge >= 0.3 is 0 Å². The summed E-state index contributed by atoms with van der Waals surface area (Å²) in [6.45, 7) is 0.0732. The Bertz CT molecular complexity index is 573. The SMILES string of the molecule is O=C(NCc1ccon1)c1ccc(F)c(Cl)c1F. The highest BCUT2D eigenvalue weighted by atomic mass is 35.5. The number of nitrogens with one attached hydrogen (secondary N) is 1. The van der Waals surface area contributed by atoms with Crippen LogP contribution in [0.1, 0.15) is 16.1 Å². The minimum Gasteiger partial charge on any atom is -0.364 e. The summed E-state index contributed by atoms with van der Waals surface area (Å²) in [6, 6.07) is 3.50. The van der Waals surface area contributed by atoms with Gasteiger partial charge in [0.05, 0.1) is 12.1 Å². The number of hydrogen-bond acceptors (Lipinski definition) is 3. The molecular weight excluding hydrogens is 266 g/mol. The molecule has 0 aliphatic carbocycles. The molecule has 94 valence electrons. The number of hydrogen-bond donors (Lipinski definition) is 1. The van der Waals surface area contributed by atoms with Gasteiger partial charge in [-0.25, -0.2) is 8.78 Å². The van der Waals surface area contributed by atoms with Crippen LogP contribution in [-0.4, -0.2) is 11.1 Å². The number of nitrogens with zero attached hydrogens (tertiary/aromatic N) is 1. The van der Waals surface area contributed by atoms with Crippen LogP contribution in [0.15, 0.2) is 29.0 Å². The van der Waals surface area contributed by atoms with Crippen molar-refractivity contribution in [2.45, 2.75) is 6.54 Å². The minimum absolute atomic E-state index is 0.0732. The quantitative estimate of drug-likeness (QED) is 0.874. The second kappa shape index (κ2) is 5.14. The number of carbonyl (C=O) groups excluding carboxylic acids is 1. The molecule has 0 aliphatic heterocycles. The van der Waals surface area contributed by atoms with Crippen LogP contribution in [0, 0.1) is 11.6 Å². The van der Waals surface area contributed by atoms with Crippen LogP contribution < -0.4 is 5.32 Å². The summed E-state index contributed by atoms with van der Waals surface area (Å²) in [5.74, 6) is -2.71. The average Bonchev–Trinajstić information content (AvgIpc) is 2.86. The fourth-order valence-electron chi connectivity index (χ4n) is 1.30. The molecule has 2 aromatic rings. The molecular formula is C11H7ClF2N2O2. The summed E-state index contributed by atoms with van der Waals surface area (Å²) < 4.78 is 31.0. The fourth-order valence-corrected chi connectivity index (χ4v) is 1.46. The predicted octanol–water partition coefficient (Wildman–Crippen LogP) is 2.54. The maximum absolute atomic E-state index is 13.5. The molecule has 1 N–H and O–H groups in total. The Morgan fingerprint density at radius 3 is 2.83 bits per heavy atom. The van der Waals surface area contributed by atoms with E-state index in [1.165, 1.54) is 6.26 Å². The van der Waals surface area contributed by atoms with Crippen molar-refractivity contribution in [3.05, 3.63) is 52.4 Å². The average molecular weight is 273 g/mol. The Balaban J connectivity index is 2.12. The summed E-state index contributed by atoms with van der Waals surface area (Å²) in [7, 11) is 0. The van der Waals surface area contributed by atoms with E-state index in [9.17, 15) is 13.6 Å². The summed E-state index contributed by atoms with van der Waals surface area (Å²) in [4.78, 5) is 11.6. The highest BCUT2D eigenvalue weighted by Gasteiger charge is 2.17. The van der Waals surface area contributed by atoms with E-state index in [1.807, 2.05) is 0 Å². The van der Waals surface area contributed by atoms with Crippen molar-refractivity contribution in [3.8, 4) is 0 Å². The number of halogens is 3. The molecule has 0 saturated heterocycles. The van der Waals surface area contributed by atoms with E-state index >= 15 is 0 Å². The Morgan fingerprint density at radius 1 is 1.39 bits per heavy atom. The lowest BCUT2D eigenvalue weighted by atomic mass is 10.2. The van der Waals surface area contributed by atoms with E-state index in [0.29, 0.717) is 5.69 Å². The van der Waals surface area contributed by atoms with E-state index in [-0.39, 0.29) is 12.1 Å². The maximum Gasteiger partial charge on any atom is 0.254 e. The zero-order valence-corrected chi connectivity index (χ0v) is 9.67. The first-order valence-corrected chi connectivity index (χ1v) is 5.28. The molecule has 0 atom stereocenters. The molecule has 1 amide bonds. The standard InChI is InChI=1S/C11H7ClF2N2O2/c12-9-8(13)2-1-7(10(9)14)11(17)15-5-6-3-4-18-16-6/h1-4H,5H2,(H,15,17). The van der Waals surface area contributed by atoms with Gasteiger partial charge in [0.25, 0.3) is 5.91 Å². The highest BCUT2D eigenvalue weighted by molar-refractivity contribution is 6.31. The smallest absolute Gasteiger partial charge is 0.254 e. The number of amides is 1. The number of benzene rings is 1. The van der Waals surface area contributed by atoms with Crippen LogP contribution in [-0.2, 0) is 6.54 Å². The Hall–Kier alpha value is -1.95. The van der Waals surface area contributed by atoms with Gasteiger partial charge in [0.2, 0.25) is 0 Å². The zero-order valence-electron chi connectivity index (χ0n) is 8.91. The van der Waals surface area contributed by atoms with Crippen LogP contribution in [0.2, 0.25) is 5.02 Å². The van der Waals surface area contributed by atoms with Crippen molar-refractivity contribution in [2.24, 2.45) is 0 Å². The highest BCUT2D eigenvalue weighted by Crippen LogP contribution is 2.21. The van der Waals surface area contributed by atoms with E-state index in [1.54, 1.807) is 6.07 Å². The lowest BCUT2D eigenvalue weighted by Gasteiger charge is -2.05. The summed E-state index contributed by atoms with van der Waals surface area (Å²) in [5, 5.41) is 5.27. The molecule has 7 heteroatoms. The van der Waals surface area contributed by atoms with E-state index in [4.69, 9.17) is 11.6 Å². The van der Waals surface area contributed by atoms with E-state index in [2.05, 4.69) is 15.0 Å². The van der Waals surface area contributed by atoms with Crippen molar-refractivity contribution < 1.29 is 18.1 Å². The van der Waals surface area contributed by atoms with Gasteiger partial charge < -0.3 is 9.84 Å². The van der Waals surface area contributed by atoms with Crippen LogP contribution >= 0.6 is 11.6 Å². The lowest BCUT2D eigenvalue weighted by molar-refractivity contribution is 0.0946. The molecule has 0 saturated carbocycles. The Kier molecular flexibility index (Phi) is 3.57. The van der Waals surface area contributed by atoms with Crippen molar-refractivity contribution in [2.75, 3.05) is 0 Å². The third-order valence-corrected chi connectivity index (χ3v) is 2.55. The molecule has 0 aliphatic rings. The first kappa shape index (κ1) is 12.5. The topological polar surface area (TPSA) is 55.1 Å². The molecule has 18 heavy (non-hydrogen) atoms. The van der Waals surface area contributed by atoms with Gasteiger partial charge in [0, 0.05) is 6.07 Å². The molecule has 0 radical (unpaired) electrons. The van der Waals surface area contributed by atoms with Crippen LogP contribution in [0.25, 0.3) is 0 Å². The molecule has 1 aromatic carbocycles. The fraction of sp³-hybridized carbons (Fsp3) is 0.0909. The van der Waals surface area contributed by atoms with Gasteiger partial charge in [-0.2, -0.15) is 0 Å². The molecule has 0 fully saturated rings. The van der Waals surface area contributed by atoms with Gasteiger partial charge in [-0.05, 0) is 12.1 Å². The maximum atomic E-state index is 13.5. The second-order valence-electron chi connectivity index (χ2n) is 3.40. The van der Waals surface area contributed by atoms with Gasteiger partial charge in [-0.3, -0.25) is 4.79 Å². The summed E-state index contributed by atoms with van der Waals surface area (Å²) >= 11 is 5.37. The molecule has 1 heterocycles. The molecule has 0 spiro atoms. The van der Waals surface area contributed by atoms with Crippen molar-refractivity contribution in [3.63, 3.8) is 0 Å². The summed E-state index contributed by atoms with van der Waals surface area (Å²) in [5.41, 5.74) is 0.155. The molecule has 1 aromatic heterocycles. The van der Waals surface area contributed by atoms with Gasteiger partial charge in [0.1, 0.15) is 22.8 Å². The molecule has 0 bridgehead atoms. The number of rotatable bonds is 3. The molecule has 0 unspecified atom stereocenters. The first-order valence-electron chi connectivity index (χ1n) is 4.90. The monoisotopic (exact) mass is 272 g/mol. The third kappa shape index (κ3) is 2.48. The normalized spacial score (nSPS) is 10.4. The lowest BCUT2D eigenvalue weighted by Crippen LogP contribution is -2.24. The van der Waals surface area contributed by atoms with Crippen LogP contribution in [0.4, 0.5) is 8.78 Å². The van der Waals surface area contributed by atoms with Crippen molar-refractivity contribution in [1.82, 2.24) is 10.5 Å². The largest absolute Gasteiger partial charge is 0.364 e. The van der Waals surface area contributed by atoms with Crippen LogP contribution in [0.5, 0.6) is 0 Å². The van der Waals surface area contributed by atoms with Gasteiger partial charge in [0.15, 0.2) is 5.82 Å². The number of aromatic nitrogens is 1.